The third-order valence-corrected chi connectivity index (χ3v) is 0.707. The molecule has 0 atom stereocenters. The average Bonchev–Trinajstić information content (AvgIpc) is 1.91. The molecule has 0 spiro atoms. The number of aryl methyl sites for hydroxylation is 1. The number of rotatable bonds is 0. The lowest BCUT2D eigenvalue weighted by molar-refractivity contribution is 0.354. The molecule has 0 aromatic carbocycles. The predicted molar refractivity (Wildman–Crippen MR) is 22.3 cm³/mol. The molecule has 1 aromatic rings. The molecule has 0 aliphatic rings. The smallest absolute Gasteiger partial charge is 0.137 e. The van der Waals surface area contributed by atoms with Crippen molar-refractivity contribution < 1.29 is 4.48 Å². The van der Waals surface area contributed by atoms with Gasteiger partial charge in [-0.15, -0.1) is 0 Å². The van der Waals surface area contributed by atoms with Gasteiger partial charge < -0.3 is 0 Å². The van der Waals surface area contributed by atoms with Crippen molar-refractivity contribution >= 4 is 0 Å². The maximum Gasteiger partial charge on any atom is 0.137 e. The van der Waals surface area contributed by atoms with Crippen LogP contribution in [0.25, 0.3) is 0 Å². The highest BCUT2D eigenvalue weighted by Crippen LogP contribution is 1.89. The van der Waals surface area contributed by atoms with Crippen LogP contribution in [0, 0.1) is 13.1 Å². The largest absolute Gasteiger partial charge is 0.239 e. The number of aromatic nitrogens is 2. The van der Waals surface area contributed by atoms with Gasteiger partial charge in [0, 0.05) is 0 Å². The molecule has 37 valence electrons. The van der Waals surface area contributed by atoms with Crippen molar-refractivity contribution in [3.8, 4) is 0 Å². The van der Waals surface area contributed by atoms with Crippen molar-refractivity contribution in [2.24, 2.45) is 0 Å². The van der Waals surface area contributed by atoms with Crippen LogP contribution in [0.1, 0.15) is 5.82 Å². The lowest BCUT2D eigenvalue weighted by atomic mass is 10.8. The Labute approximate surface area is 40.5 Å². The summed E-state index contributed by atoms with van der Waals surface area (Å²) in [7, 11) is 0. The fourth-order valence-corrected chi connectivity index (χ4v) is 0.317. The van der Waals surface area contributed by atoms with E-state index < -0.39 is 0 Å². The summed E-state index contributed by atoms with van der Waals surface area (Å²) in [4.78, 5) is 3.90. The fourth-order valence-electron chi connectivity index (χ4n) is 0.317. The highest BCUT2D eigenvalue weighted by molar-refractivity contribution is 4.82. The molecule has 0 N–H and O–H groups in total. The van der Waals surface area contributed by atoms with E-state index in [9.17, 15) is 4.48 Å². The summed E-state index contributed by atoms with van der Waals surface area (Å²) < 4.78 is 11.9. The Bertz CT molecular complexity index is 142. The summed E-state index contributed by atoms with van der Waals surface area (Å²) in [6, 6.07) is 0. The van der Waals surface area contributed by atoms with Crippen LogP contribution in [0.3, 0.4) is 0 Å². The highest BCUT2D eigenvalue weighted by Gasteiger charge is 1.89. The summed E-state index contributed by atoms with van der Waals surface area (Å²) in [5, 5.41) is 0. The first-order valence-corrected chi connectivity index (χ1v) is 1.89. The Hall–Kier alpha value is -0.860. The molecule has 0 fully saturated rings. The lowest BCUT2D eigenvalue weighted by Gasteiger charge is -1.80. The van der Waals surface area contributed by atoms with Crippen molar-refractivity contribution in [1.82, 2.24) is 9.77 Å². The summed E-state index contributed by atoms with van der Waals surface area (Å²) in [6.07, 6.45) is 3.49. The maximum atomic E-state index is 11.9. The van der Waals surface area contributed by atoms with Gasteiger partial charge in [-0.05, 0) is 6.92 Å². The SMILES string of the molecule is Cc1nc[c]n1F. The number of nitrogens with zero attached hydrogens (tertiary/aromatic N) is 2. The van der Waals surface area contributed by atoms with E-state index in [4.69, 9.17) is 0 Å². The second-order valence-corrected chi connectivity index (χ2v) is 1.22. The summed E-state index contributed by atoms with van der Waals surface area (Å²) in [5.74, 6) is 0.333. The van der Waals surface area contributed by atoms with E-state index in [-0.39, 0.29) is 0 Å². The van der Waals surface area contributed by atoms with Gasteiger partial charge in [0.2, 0.25) is 0 Å². The van der Waals surface area contributed by atoms with Crippen molar-refractivity contribution in [3.63, 3.8) is 0 Å². The van der Waals surface area contributed by atoms with Crippen molar-refractivity contribution in [3.05, 3.63) is 18.2 Å². The van der Waals surface area contributed by atoms with Crippen LogP contribution in [-0.2, 0) is 0 Å². The standard InChI is InChI=1S/C4H4FN2/c1-4-6-2-3-7(4)5/h2H,1H3. The van der Waals surface area contributed by atoms with Gasteiger partial charge in [0.1, 0.15) is 12.0 Å². The van der Waals surface area contributed by atoms with Crippen molar-refractivity contribution in [2.45, 2.75) is 6.92 Å². The quantitative estimate of drug-likeness (QED) is 0.468. The van der Waals surface area contributed by atoms with E-state index in [1.165, 1.54) is 6.20 Å². The minimum Gasteiger partial charge on any atom is -0.239 e. The van der Waals surface area contributed by atoms with E-state index in [0.717, 1.165) is 0 Å². The van der Waals surface area contributed by atoms with E-state index in [2.05, 4.69) is 11.2 Å². The second-order valence-electron chi connectivity index (χ2n) is 1.22. The van der Waals surface area contributed by atoms with Crippen LogP contribution in [0.5, 0.6) is 0 Å². The minimum absolute atomic E-state index is 0.333. The Balaban J connectivity index is 3.12. The van der Waals surface area contributed by atoms with E-state index in [0.29, 0.717) is 10.6 Å². The fraction of sp³-hybridized carbons (Fsp3) is 0.250. The van der Waals surface area contributed by atoms with Gasteiger partial charge in [0.15, 0.2) is 0 Å². The first-order valence-electron chi connectivity index (χ1n) is 1.89. The van der Waals surface area contributed by atoms with Gasteiger partial charge in [-0.25, -0.2) is 4.98 Å². The van der Waals surface area contributed by atoms with Crippen LogP contribution in [0.15, 0.2) is 6.20 Å². The Morgan fingerprint density at radius 2 is 2.71 bits per heavy atom. The minimum atomic E-state index is 0.333. The third-order valence-electron chi connectivity index (χ3n) is 0.707. The van der Waals surface area contributed by atoms with Crippen LogP contribution >= 0.6 is 0 Å². The van der Waals surface area contributed by atoms with Gasteiger partial charge in [-0.2, -0.15) is 4.79 Å². The molecule has 1 heterocycles. The molecule has 0 unspecified atom stereocenters. The lowest BCUT2D eigenvalue weighted by Crippen LogP contribution is -1.81. The van der Waals surface area contributed by atoms with Crippen molar-refractivity contribution in [1.29, 1.82) is 0 Å². The molecule has 0 amide bonds. The normalized spacial score (nSPS) is 9.43. The molecule has 0 aliphatic carbocycles. The first kappa shape index (κ1) is 4.30. The van der Waals surface area contributed by atoms with E-state index >= 15 is 0 Å². The molecule has 7 heavy (non-hydrogen) atoms. The van der Waals surface area contributed by atoms with Gasteiger partial charge in [-0.1, -0.05) is 4.48 Å². The monoisotopic (exact) mass is 99.0 g/mol. The second kappa shape index (κ2) is 1.33. The molecular formula is C4H4FN2. The molecule has 0 aliphatic heterocycles. The zero-order valence-corrected chi connectivity index (χ0v) is 3.85. The van der Waals surface area contributed by atoms with Crippen LogP contribution in [0.4, 0.5) is 4.48 Å². The molecule has 0 saturated heterocycles. The number of imidazole rings is 1. The Morgan fingerprint density at radius 1 is 2.00 bits per heavy atom. The van der Waals surface area contributed by atoms with Gasteiger partial charge in [-0.3, -0.25) is 0 Å². The van der Waals surface area contributed by atoms with E-state index in [1.54, 1.807) is 6.92 Å². The molecule has 0 bridgehead atoms. The van der Waals surface area contributed by atoms with Crippen LogP contribution < -0.4 is 0 Å². The van der Waals surface area contributed by atoms with Crippen LogP contribution in [0.2, 0.25) is 0 Å². The van der Waals surface area contributed by atoms with Gasteiger partial charge in [0.05, 0.1) is 6.20 Å². The molecule has 1 aromatic heterocycles. The zero-order chi connectivity index (χ0) is 5.28. The van der Waals surface area contributed by atoms with Crippen LogP contribution in [-0.4, -0.2) is 9.77 Å². The maximum absolute atomic E-state index is 11.9. The number of halogens is 1. The first-order chi connectivity index (χ1) is 3.30. The number of hydrogen-bond donors (Lipinski definition) is 0. The summed E-state index contributed by atoms with van der Waals surface area (Å²) >= 11 is 0. The number of hydrogen-bond acceptors (Lipinski definition) is 1. The molecular weight excluding hydrogens is 95.1 g/mol. The van der Waals surface area contributed by atoms with E-state index in [1.807, 2.05) is 0 Å². The third kappa shape index (κ3) is 0.607. The zero-order valence-electron chi connectivity index (χ0n) is 3.85. The Kier molecular flexibility index (Phi) is 0.817. The molecule has 1 rings (SSSR count). The average molecular weight is 99.1 g/mol. The predicted octanol–water partition coefficient (Wildman–Crippen LogP) is 0.724. The van der Waals surface area contributed by atoms with Gasteiger partial charge in [0.25, 0.3) is 0 Å². The summed E-state index contributed by atoms with van der Waals surface area (Å²) in [6.45, 7) is 1.57. The molecule has 0 saturated carbocycles. The Morgan fingerprint density at radius 3 is 2.86 bits per heavy atom. The molecule has 3 heteroatoms. The summed E-state index contributed by atoms with van der Waals surface area (Å²) in [5.41, 5.74) is 0. The molecule has 2 nitrogen and oxygen atoms in total. The van der Waals surface area contributed by atoms with Gasteiger partial charge >= 0.3 is 0 Å². The topological polar surface area (TPSA) is 17.8 Å². The van der Waals surface area contributed by atoms with Crippen molar-refractivity contribution in [2.75, 3.05) is 0 Å². The highest BCUT2D eigenvalue weighted by atomic mass is 19.2. The molecule has 1 radical (unpaired) electrons.